The number of rotatable bonds is 2. The normalized spacial score (nSPS) is 25.4. The topological polar surface area (TPSA) is 46.2 Å². The molecule has 3 saturated heterocycles. The fraction of sp³-hybridized carbons (Fsp3) is 1.00. The van der Waals surface area contributed by atoms with E-state index in [1.165, 1.54) is 19.3 Å². The van der Waals surface area contributed by atoms with Crippen LogP contribution in [0.3, 0.4) is 0 Å². The van der Waals surface area contributed by atoms with Gasteiger partial charge >= 0.3 is 0 Å². The summed E-state index contributed by atoms with van der Waals surface area (Å²) in [5.41, 5.74) is 0. The van der Waals surface area contributed by atoms with E-state index in [9.17, 15) is 0 Å². The lowest BCUT2D eigenvalue weighted by atomic mass is 9.98. The number of ether oxygens (including phenoxy) is 5. The van der Waals surface area contributed by atoms with Crippen LogP contribution in [0.1, 0.15) is 53.9 Å². The zero-order valence-corrected chi connectivity index (χ0v) is 14.6. The van der Waals surface area contributed by atoms with Gasteiger partial charge in [0, 0.05) is 19.1 Å². The summed E-state index contributed by atoms with van der Waals surface area (Å²) in [4.78, 5) is 0. The average molecular weight is 334 g/mol. The van der Waals surface area contributed by atoms with E-state index in [1.807, 2.05) is 0 Å². The minimum absolute atomic E-state index is 0. The molecule has 23 heavy (non-hydrogen) atoms. The second-order valence-electron chi connectivity index (χ2n) is 6.11. The second kappa shape index (κ2) is 15.3. The van der Waals surface area contributed by atoms with Crippen molar-refractivity contribution < 1.29 is 23.7 Å². The third-order valence-corrected chi connectivity index (χ3v) is 4.04. The first-order chi connectivity index (χ1) is 10.8. The van der Waals surface area contributed by atoms with Crippen LogP contribution < -0.4 is 0 Å². The lowest BCUT2D eigenvalue weighted by Crippen LogP contribution is -2.20. The molecule has 0 saturated carbocycles. The van der Waals surface area contributed by atoms with Crippen LogP contribution in [0.25, 0.3) is 0 Å². The molecule has 3 fully saturated rings. The van der Waals surface area contributed by atoms with E-state index < -0.39 is 0 Å². The Bertz CT molecular complexity index is 232. The number of hydrogen-bond acceptors (Lipinski definition) is 5. The molecule has 0 aromatic carbocycles. The molecule has 0 N–H and O–H groups in total. The Hall–Kier alpha value is -0.200. The minimum atomic E-state index is 0. The van der Waals surface area contributed by atoms with Gasteiger partial charge in [0.1, 0.15) is 13.6 Å². The van der Waals surface area contributed by atoms with Crippen molar-refractivity contribution in [2.45, 2.75) is 60.0 Å². The van der Waals surface area contributed by atoms with Gasteiger partial charge < -0.3 is 23.7 Å². The summed E-state index contributed by atoms with van der Waals surface area (Å²) in [5, 5.41) is 0. The highest BCUT2D eigenvalue weighted by atomic mass is 16.7. The smallest absolute Gasteiger partial charge is 0.147 e. The van der Waals surface area contributed by atoms with Gasteiger partial charge in [-0.3, -0.25) is 0 Å². The average Bonchev–Trinajstić information content (AvgIpc) is 3.11. The summed E-state index contributed by atoms with van der Waals surface area (Å²) < 4.78 is 25.1. The van der Waals surface area contributed by atoms with Gasteiger partial charge in [0.15, 0.2) is 0 Å². The molecule has 0 aromatic rings. The lowest BCUT2D eigenvalue weighted by Gasteiger charge is -2.19. The van der Waals surface area contributed by atoms with Crippen molar-refractivity contribution in [3.8, 4) is 0 Å². The van der Waals surface area contributed by atoms with Crippen LogP contribution in [0.2, 0.25) is 0 Å². The predicted octanol–water partition coefficient (Wildman–Crippen LogP) is 3.86. The SMILES string of the molecule is C.CC1COCOC1.CCC1CCOCC1.CCC1COCO1. The maximum Gasteiger partial charge on any atom is 0.147 e. The molecule has 0 aromatic heterocycles. The first kappa shape index (κ1) is 22.8. The molecular weight excluding hydrogens is 296 g/mol. The molecule has 0 radical (unpaired) electrons. The Balaban J connectivity index is 0.000000310. The molecule has 3 rings (SSSR count). The lowest BCUT2D eigenvalue weighted by molar-refractivity contribution is -0.121. The minimum Gasteiger partial charge on any atom is -0.381 e. The van der Waals surface area contributed by atoms with Gasteiger partial charge in [-0.25, -0.2) is 0 Å². The fourth-order valence-corrected chi connectivity index (χ4v) is 2.37. The van der Waals surface area contributed by atoms with Crippen molar-refractivity contribution in [2.24, 2.45) is 11.8 Å². The van der Waals surface area contributed by atoms with Crippen LogP contribution in [-0.2, 0) is 23.7 Å². The van der Waals surface area contributed by atoms with Gasteiger partial charge in [0.05, 0.1) is 25.9 Å². The molecule has 5 nitrogen and oxygen atoms in total. The van der Waals surface area contributed by atoms with Crippen LogP contribution in [-0.4, -0.2) is 52.7 Å². The van der Waals surface area contributed by atoms with Crippen molar-refractivity contribution >= 4 is 0 Å². The van der Waals surface area contributed by atoms with E-state index in [4.69, 9.17) is 23.7 Å². The molecule has 1 unspecified atom stereocenters. The second-order valence-corrected chi connectivity index (χ2v) is 6.11. The van der Waals surface area contributed by atoms with Crippen LogP contribution >= 0.6 is 0 Å². The fourth-order valence-electron chi connectivity index (χ4n) is 2.37. The van der Waals surface area contributed by atoms with E-state index in [0.717, 1.165) is 45.4 Å². The van der Waals surface area contributed by atoms with Gasteiger partial charge in [0.2, 0.25) is 0 Å². The molecule has 140 valence electrons. The molecule has 0 bridgehead atoms. The molecule has 5 heteroatoms. The van der Waals surface area contributed by atoms with Crippen molar-refractivity contribution in [1.29, 1.82) is 0 Å². The summed E-state index contributed by atoms with van der Waals surface area (Å²) >= 11 is 0. The van der Waals surface area contributed by atoms with Gasteiger partial charge in [-0.2, -0.15) is 0 Å². The summed E-state index contributed by atoms with van der Waals surface area (Å²) in [5.74, 6) is 1.55. The Morgan fingerprint density at radius 1 is 0.783 bits per heavy atom. The van der Waals surface area contributed by atoms with Gasteiger partial charge in [-0.15, -0.1) is 0 Å². The highest BCUT2D eigenvalue weighted by Crippen LogP contribution is 2.16. The Morgan fingerprint density at radius 3 is 1.70 bits per heavy atom. The molecule has 0 spiro atoms. The molecule has 0 amide bonds. The largest absolute Gasteiger partial charge is 0.381 e. The third-order valence-electron chi connectivity index (χ3n) is 4.04. The molecular formula is C18H38O5. The van der Waals surface area contributed by atoms with Gasteiger partial charge in [-0.1, -0.05) is 34.6 Å². The van der Waals surface area contributed by atoms with Gasteiger partial charge in [-0.05, 0) is 25.2 Å². The molecule has 3 aliphatic heterocycles. The van der Waals surface area contributed by atoms with Crippen LogP contribution in [0.5, 0.6) is 0 Å². The maximum absolute atomic E-state index is 5.20. The molecule has 3 aliphatic rings. The molecule has 0 aliphatic carbocycles. The summed E-state index contributed by atoms with van der Waals surface area (Å²) in [6.45, 7) is 12.0. The highest BCUT2D eigenvalue weighted by molar-refractivity contribution is 4.60. The standard InChI is InChI=1S/C7H14O.2C5H10O2.CH4/c1-2-7-3-5-8-6-4-7;1-5-2-6-4-7-3-5;1-2-5-3-6-4-7-5;/h7H,2-6H2,1H3;2*5H,2-4H2,1H3;1H4. The van der Waals surface area contributed by atoms with E-state index in [-0.39, 0.29) is 7.43 Å². The summed E-state index contributed by atoms with van der Waals surface area (Å²) in [7, 11) is 0. The predicted molar refractivity (Wildman–Crippen MR) is 92.5 cm³/mol. The summed E-state index contributed by atoms with van der Waals surface area (Å²) in [6.07, 6.45) is 5.36. The van der Waals surface area contributed by atoms with E-state index in [0.29, 0.717) is 25.6 Å². The van der Waals surface area contributed by atoms with Crippen molar-refractivity contribution in [3.63, 3.8) is 0 Å². The molecule has 1 atom stereocenters. The quantitative estimate of drug-likeness (QED) is 0.767. The van der Waals surface area contributed by atoms with Crippen molar-refractivity contribution in [3.05, 3.63) is 0 Å². The first-order valence-corrected chi connectivity index (χ1v) is 8.68. The van der Waals surface area contributed by atoms with Crippen LogP contribution in [0, 0.1) is 11.8 Å². The Kier molecular flexibility index (Phi) is 15.2. The zero-order valence-electron chi connectivity index (χ0n) is 14.6. The van der Waals surface area contributed by atoms with Gasteiger partial charge in [0.25, 0.3) is 0 Å². The first-order valence-electron chi connectivity index (χ1n) is 8.68. The molecule has 3 heterocycles. The maximum atomic E-state index is 5.20. The highest BCUT2D eigenvalue weighted by Gasteiger charge is 2.12. The van der Waals surface area contributed by atoms with Crippen molar-refractivity contribution in [2.75, 3.05) is 46.6 Å². The van der Waals surface area contributed by atoms with Crippen molar-refractivity contribution in [1.82, 2.24) is 0 Å². The Labute approximate surface area is 143 Å². The van der Waals surface area contributed by atoms with E-state index >= 15 is 0 Å². The number of hydrogen-bond donors (Lipinski definition) is 0. The third kappa shape index (κ3) is 11.9. The van der Waals surface area contributed by atoms with E-state index in [1.54, 1.807) is 0 Å². The van der Waals surface area contributed by atoms with Crippen LogP contribution in [0.4, 0.5) is 0 Å². The Morgan fingerprint density at radius 2 is 1.39 bits per heavy atom. The summed E-state index contributed by atoms with van der Waals surface area (Å²) in [6, 6.07) is 0. The zero-order chi connectivity index (χ0) is 16.0. The van der Waals surface area contributed by atoms with Crippen LogP contribution in [0.15, 0.2) is 0 Å². The monoisotopic (exact) mass is 334 g/mol. The van der Waals surface area contributed by atoms with E-state index in [2.05, 4.69) is 20.8 Å².